The molecule has 3 heterocycles. The maximum absolute atomic E-state index is 12.8. The Balaban J connectivity index is 1.54. The third kappa shape index (κ3) is 3.08. The molecule has 1 amide bonds. The Morgan fingerprint density at radius 2 is 1.87 bits per heavy atom. The number of rotatable bonds is 3. The predicted octanol–water partition coefficient (Wildman–Crippen LogP) is 5.71. The Bertz CT molecular complexity index is 1440. The molecule has 6 rings (SSSR count). The summed E-state index contributed by atoms with van der Waals surface area (Å²) >= 11 is 0. The fourth-order valence-electron chi connectivity index (χ4n) is 4.77. The van der Waals surface area contributed by atoms with Crippen LogP contribution in [0.15, 0.2) is 91.3 Å². The molecule has 0 radical (unpaired) electrons. The molecule has 31 heavy (non-hydrogen) atoms. The van der Waals surface area contributed by atoms with E-state index in [-0.39, 0.29) is 11.8 Å². The zero-order valence-corrected chi connectivity index (χ0v) is 17.0. The van der Waals surface area contributed by atoms with Crippen molar-refractivity contribution in [3.8, 4) is 0 Å². The molecule has 0 fully saturated rings. The molecule has 0 aliphatic carbocycles. The lowest BCUT2D eigenvalue weighted by Crippen LogP contribution is -2.14. The van der Waals surface area contributed by atoms with Crippen LogP contribution in [0.4, 0.5) is 5.69 Å². The lowest BCUT2D eigenvalue weighted by molar-refractivity contribution is -0.116. The van der Waals surface area contributed by atoms with Crippen LogP contribution in [0, 0.1) is 0 Å². The number of amides is 1. The second-order valence-corrected chi connectivity index (χ2v) is 8.16. The molecule has 3 aromatic carbocycles. The van der Waals surface area contributed by atoms with Crippen molar-refractivity contribution in [2.45, 2.75) is 18.9 Å². The first kappa shape index (κ1) is 17.9. The minimum absolute atomic E-state index is 0.00669. The van der Waals surface area contributed by atoms with Crippen molar-refractivity contribution in [2.75, 3.05) is 5.32 Å². The Morgan fingerprint density at radius 3 is 2.77 bits per heavy atom. The van der Waals surface area contributed by atoms with Gasteiger partial charge in [-0.3, -0.25) is 9.78 Å². The standard InChI is InChI=1S/C27H21N3O/c31-26-15-21(19-11-12-23-20(14-19)8-5-13-28-23)22-17-30(16-18-6-2-1-3-7-18)25-10-4-9-24(29-26)27(22)25/h1-14,17,21H,15-16H2,(H,29,31). The van der Waals surface area contributed by atoms with E-state index < -0.39 is 0 Å². The molecule has 2 aromatic heterocycles. The summed E-state index contributed by atoms with van der Waals surface area (Å²) in [5.41, 5.74) is 6.61. The highest BCUT2D eigenvalue weighted by atomic mass is 16.1. The highest BCUT2D eigenvalue weighted by Gasteiger charge is 2.28. The minimum Gasteiger partial charge on any atom is -0.343 e. The number of hydrogen-bond donors (Lipinski definition) is 1. The number of hydrogen-bond acceptors (Lipinski definition) is 2. The zero-order valence-electron chi connectivity index (χ0n) is 17.0. The molecule has 0 saturated heterocycles. The molecule has 150 valence electrons. The molecular weight excluding hydrogens is 382 g/mol. The summed E-state index contributed by atoms with van der Waals surface area (Å²) in [5.74, 6) is 0.0439. The van der Waals surface area contributed by atoms with E-state index in [2.05, 4.69) is 75.7 Å². The van der Waals surface area contributed by atoms with E-state index in [4.69, 9.17) is 0 Å². The monoisotopic (exact) mass is 403 g/mol. The van der Waals surface area contributed by atoms with Gasteiger partial charge in [-0.1, -0.05) is 48.5 Å². The quantitative estimate of drug-likeness (QED) is 0.419. The largest absolute Gasteiger partial charge is 0.343 e. The van der Waals surface area contributed by atoms with Crippen molar-refractivity contribution in [1.29, 1.82) is 0 Å². The van der Waals surface area contributed by atoms with Gasteiger partial charge in [0.2, 0.25) is 5.91 Å². The maximum atomic E-state index is 12.8. The van der Waals surface area contributed by atoms with Crippen molar-refractivity contribution >= 4 is 33.4 Å². The van der Waals surface area contributed by atoms with Crippen LogP contribution in [0.3, 0.4) is 0 Å². The van der Waals surface area contributed by atoms with E-state index in [1.165, 1.54) is 11.1 Å². The molecule has 1 N–H and O–H groups in total. The Hall–Kier alpha value is -3.92. The van der Waals surface area contributed by atoms with Gasteiger partial charge >= 0.3 is 0 Å². The molecule has 5 aromatic rings. The summed E-state index contributed by atoms with van der Waals surface area (Å²) in [4.78, 5) is 17.2. The second-order valence-electron chi connectivity index (χ2n) is 8.16. The summed E-state index contributed by atoms with van der Waals surface area (Å²) in [6, 6.07) is 27.0. The van der Waals surface area contributed by atoms with E-state index in [9.17, 15) is 4.79 Å². The van der Waals surface area contributed by atoms with E-state index in [1.54, 1.807) is 0 Å². The topological polar surface area (TPSA) is 46.9 Å². The van der Waals surface area contributed by atoms with Gasteiger partial charge in [0.05, 0.1) is 16.7 Å². The average molecular weight is 403 g/mol. The number of aromatic nitrogens is 2. The first-order valence-corrected chi connectivity index (χ1v) is 10.6. The molecule has 0 spiro atoms. The molecule has 1 aliphatic rings. The summed E-state index contributed by atoms with van der Waals surface area (Å²) in [7, 11) is 0. The van der Waals surface area contributed by atoms with Gasteiger partial charge in [0.1, 0.15) is 0 Å². The number of benzene rings is 3. The third-order valence-electron chi connectivity index (χ3n) is 6.20. The van der Waals surface area contributed by atoms with Crippen molar-refractivity contribution in [1.82, 2.24) is 9.55 Å². The van der Waals surface area contributed by atoms with Crippen LogP contribution < -0.4 is 5.32 Å². The number of fused-ring (bicyclic) bond motifs is 1. The zero-order chi connectivity index (χ0) is 20.8. The summed E-state index contributed by atoms with van der Waals surface area (Å²) < 4.78 is 2.30. The van der Waals surface area contributed by atoms with Crippen molar-refractivity contribution in [3.63, 3.8) is 0 Å². The SMILES string of the molecule is O=C1CC(c2ccc3ncccc3c2)c2cn(Cc3ccccc3)c3cccc(c23)N1. The number of carbonyl (C=O) groups excluding carboxylic acids is 1. The molecule has 0 saturated carbocycles. The molecule has 1 unspecified atom stereocenters. The van der Waals surface area contributed by atoms with Crippen LogP contribution in [0.25, 0.3) is 21.8 Å². The minimum atomic E-state index is -0.00669. The van der Waals surface area contributed by atoms with Crippen molar-refractivity contribution in [2.24, 2.45) is 0 Å². The van der Waals surface area contributed by atoms with Crippen LogP contribution in [0.5, 0.6) is 0 Å². The number of nitrogens with zero attached hydrogens (tertiary/aromatic N) is 2. The highest BCUT2D eigenvalue weighted by molar-refractivity contribution is 6.06. The molecule has 1 atom stereocenters. The maximum Gasteiger partial charge on any atom is 0.225 e. The fourth-order valence-corrected chi connectivity index (χ4v) is 4.77. The van der Waals surface area contributed by atoms with Crippen molar-refractivity contribution < 1.29 is 4.79 Å². The van der Waals surface area contributed by atoms with Crippen LogP contribution in [0.2, 0.25) is 0 Å². The lowest BCUT2D eigenvalue weighted by atomic mass is 9.88. The predicted molar refractivity (Wildman–Crippen MR) is 124 cm³/mol. The Labute approximate surface area is 180 Å². The number of pyridine rings is 1. The van der Waals surface area contributed by atoms with Gasteiger partial charge < -0.3 is 9.88 Å². The fraction of sp³-hybridized carbons (Fsp3) is 0.111. The number of carbonyl (C=O) groups is 1. The van der Waals surface area contributed by atoms with Gasteiger partial charge in [0.15, 0.2) is 0 Å². The van der Waals surface area contributed by atoms with Gasteiger partial charge in [-0.15, -0.1) is 0 Å². The van der Waals surface area contributed by atoms with Crippen LogP contribution in [-0.2, 0) is 11.3 Å². The molecule has 1 aliphatic heterocycles. The first-order chi connectivity index (χ1) is 15.3. The van der Waals surface area contributed by atoms with E-state index >= 15 is 0 Å². The number of nitrogens with one attached hydrogen (secondary N) is 1. The number of anilines is 1. The first-order valence-electron chi connectivity index (χ1n) is 10.6. The van der Waals surface area contributed by atoms with E-state index in [0.29, 0.717) is 6.42 Å². The smallest absolute Gasteiger partial charge is 0.225 e. The highest BCUT2D eigenvalue weighted by Crippen LogP contribution is 2.41. The van der Waals surface area contributed by atoms with E-state index in [0.717, 1.165) is 39.6 Å². The second kappa shape index (κ2) is 7.10. The van der Waals surface area contributed by atoms with Crippen LogP contribution >= 0.6 is 0 Å². The molecule has 4 heteroatoms. The summed E-state index contributed by atoms with van der Waals surface area (Å²) in [6.45, 7) is 0.795. The van der Waals surface area contributed by atoms with Gasteiger partial charge in [-0.25, -0.2) is 0 Å². The lowest BCUT2D eigenvalue weighted by Gasteiger charge is -2.15. The van der Waals surface area contributed by atoms with Gasteiger partial charge in [0.25, 0.3) is 0 Å². The van der Waals surface area contributed by atoms with Crippen molar-refractivity contribution in [3.05, 3.63) is 108 Å². The van der Waals surface area contributed by atoms with Crippen LogP contribution in [0.1, 0.15) is 29.0 Å². The third-order valence-corrected chi connectivity index (χ3v) is 6.20. The van der Waals surface area contributed by atoms with E-state index in [1.807, 2.05) is 30.5 Å². The normalized spacial score (nSPS) is 15.7. The Kier molecular flexibility index (Phi) is 4.10. The molecule has 4 nitrogen and oxygen atoms in total. The summed E-state index contributed by atoms with van der Waals surface area (Å²) in [5, 5.41) is 5.37. The Morgan fingerprint density at radius 1 is 0.968 bits per heavy atom. The molecular formula is C27H21N3O. The average Bonchev–Trinajstić information content (AvgIpc) is 3.09. The van der Waals surface area contributed by atoms with Crippen LogP contribution in [-0.4, -0.2) is 15.5 Å². The van der Waals surface area contributed by atoms with Gasteiger partial charge in [0, 0.05) is 42.0 Å². The van der Waals surface area contributed by atoms with Gasteiger partial charge in [-0.2, -0.15) is 0 Å². The van der Waals surface area contributed by atoms with Gasteiger partial charge in [-0.05, 0) is 47.0 Å². The molecule has 0 bridgehead atoms. The summed E-state index contributed by atoms with van der Waals surface area (Å²) in [6.07, 6.45) is 4.47.